The first-order valence-corrected chi connectivity index (χ1v) is 7.64. The Labute approximate surface area is 139 Å². The molecule has 1 heterocycles. The van der Waals surface area contributed by atoms with E-state index in [1.165, 1.54) is 11.6 Å². The van der Waals surface area contributed by atoms with Gasteiger partial charge < -0.3 is 10.6 Å². The van der Waals surface area contributed by atoms with Crippen LogP contribution in [0.2, 0.25) is 0 Å². The van der Waals surface area contributed by atoms with Crippen LogP contribution < -0.4 is 10.6 Å². The maximum Gasteiger partial charge on any atom is 0.288 e. The van der Waals surface area contributed by atoms with Gasteiger partial charge in [0.1, 0.15) is 12.0 Å². The number of rotatable bonds is 6. The molecule has 1 amide bonds. The fraction of sp³-hybridized carbons (Fsp3) is 0.294. The summed E-state index contributed by atoms with van der Waals surface area (Å²) in [4.78, 5) is 27.9. The molecule has 2 N–H and O–H groups in total. The highest BCUT2D eigenvalue weighted by atomic mass is 16.6. The number of likely N-dealkylation sites (N-methyl/N-ethyl adjacent to an activating group) is 1. The number of aromatic nitrogens is 1. The van der Waals surface area contributed by atoms with Gasteiger partial charge in [0.15, 0.2) is 0 Å². The topological polar surface area (TPSA) is 102 Å². The molecular formula is C17H18N4O3. The molecule has 0 saturated heterocycles. The lowest BCUT2D eigenvalue weighted by atomic mass is 9.95. The van der Waals surface area contributed by atoms with E-state index in [0.29, 0.717) is 12.4 Å². The van der Waals surface area contributed by atoms with E-state index in [2.05, 4.69) is 17.1 Å². The van der Waals surface area contributed by atoms with Crippen molar-refractivity contribution in [2.45, 2.75) is 18.3 Å². The second-order valence-electron chi connectivity index (χ2n) is 6.19. The van der Waals surface area contributed by atoms with Crippen molar-refractivity contribution in [2.75, 3.05) is 18.5 Å². The third-order valence-electron chi connectivity index (χ3n) is 4.47. The highest BCUT2D eigenvalue weighted by molar-refractivity contribution is 5.98. The lowest BCUT2D eigenvalue weighted by molar-refractivity contribution is -0.385. The van der Waals surface area contributed by atoms with E-state index in [-0.39, 0.29) is 16.7 Å². The SMILES string of the molecule is CN(CC1(c2ccccc2)CC1)c1ncc([N+](=O)[O-])cc1C(N)=O. The van der Waals surface area contributed by atoms with Crippen LogP contribution in [0.4, 0.5) is 11.5 Å². The predicted molar refractivity (Wildman–Crippen MR) is 90.0 cm³/mol. The van der Waals surface area contributed by atoms with Gasteiger partial charge in [-0.1, -0.05) is 30.3 Å². The molecule has 1 aromatic carbocycles. The molecule has 2 aromatic rings. The Morgan fingerprint density at radius 1 is 1.38 bits per heavy atom. The Morgan fingerprint density at radius 2 is 2.04 bits per heavy atom. The molecular weight excluding hydrogens is 308 g/mol. The van der Waals surface area contributed by atoms with Crippen LogP contribution in [0.3, 0.4) is 0 Å². The molecule has 124 valence electrons. The minimum Gasteiger partial charge on any atom is -0.365 e. The normalized spacial score (nSPS) is 14.9. The largest absolute Gasteiger partial charge is 0.365 e. The summed E-state index contributed by atoms with van der Waals surface area (Å²) in [5, 5.41) is 10.9. The lowest BCUT2D eigenvalue weighted by Gasteiger charge is -2.26. The van der Waals surface area contributed by atoms with Crippen molar-refractivity contribution in [3.05, 3.63) is 63.8 Å². The smallest absolute Gasteiger partial charge is 0.288 e. The first-order chi connectivity index (χ1) is 11.4. The van der Waals surface area contributed by atoms with Gasteiger partial charge in [-0.3, -0.25) is 14.9 Å². The van der Waals surface area contributed by atoms with E-state index in [1.54, 1.807) is 0 Å². The number of anilines is 1. The standard InChI is InChI=1S/C17H18N4O3/c1-20(11-17(7-8-17)12-5-3-2-4-6-12)16-14(15(18)22)9-13(10-19-16)21(23)24/h2-6,9-10H,7-8,11H2,1H3,(H2,18,22). The van der Waals surface area contributed by atoms with Gasteiger partial charge in [0, 0.05) is 25.1 Å². The molecule has 7 nitrogen and oxygen atoms in total. The number of carbonyl (C=O) groups excluding carboxylic acids is 1. The predicted octanol–water partition coefficient (Wildman–Crippen LogP) is 2.26. The Balaban J connectivity index is 1.89. The molecule has 3 rings (SSSR count). The zero-order valence-electron chi connectivity index (χ0n) is 13.3. The van der Waals surface area contributed by atoms with Crippen molar-refractivity contribution in [3.8, 4) is 0 Å². The number of hydrogen-bond donors (Lipinski definition) is 1. The summed E-state index contributed by atoms with van der Waals surface area (Å²) >= 11 is 0. The molecule has 1 aliphatic carbocycles. The van der Waals surface area contributed by atoms with E-state index in [1.807, 2.05) is 30.1 Å². The van der Waals surface area contributed by atoms with Crippen LogP contribution in [0.25, 0.3) is 0 Å². The number of primary amides is 1. The first kappa shape index (κ1) is 15.9. The number of amides is 1. The summed E-state index contributed by atoms with van der Waals surface area (Å²) in [5.74, 6) is -0.354. The number of benzene rings is 1. The molecule has 0 unspecified atom stereocenters. The van der Waals surface area contributed by atoms with Crippen molar-refractivity contribution in [2.24, 2.45) is 5.73 Å². The van der Waals surface area contributed by atoms with Gasteiger partial charge in [0.05, 0.1) is 10.5 Å². The molecule has 7 heteroatoms. The highest BCUT2D eigenvalue weighted by Crippen LogP contribution is 2.49. The average Bonchev–Trinajstić information content (AvgIpc) is 3.35. The monoisotopic (exact) mass is 326 g/mol. The van der Waals surface area contributed by atoms with Gasteiger partial charge >= 0.3 is 0 Å². The average molecular weight is 326 g/mol. The summed E-state index contributed by atoms with van der Waals surface area (Å²) < 4.78 is 0. The maximum atomic E-state index is 11.7. The fourth-order valence-corrected chi connectivity index (χ4v) is 3.04. The molecule has 24 heavy (non-hydrogen) atoms. The minimum atomic E-state index is -0.724. The molecule has 1 saturated carbocycles. The molecule has 1 aliphatic rings. The van der Waals surface area contributed by atoms with Crippen molar-refractivity contribution in [3.63, 3.8) is 0 Å². The van der Waals surface area contributed by atoms with E-state index < -0.39 is 10.8 Å². The molecule has 0 radical (unpaired) electrons. The van der Waals surface area contributed by atoms with Crippen LogP contribution in [0.5, 0.6) is 0 Å². The second-order valence-corrected chi connectivity index (χ2v) is 6.19. The van der Waals surface area contributed by atoms with Gasteiger partial charge in [-0.25, -0.2) is 4.98 Å². The molecule has 1 fully saturated rings. The van der Waals surface area contributed by atoms with Crippen LogP contribution in [-0.4, -0.2) is 29.4 Å². The van der Waals surface area contributed by atoms with Gasteiger partial charge in [-0.15, -0.1) is 0 Å². The summed E-state index contributed by atoms with van der Waals surface area (Å²) in [6, 6.07) is 11.4. The summed E-state index contributed by atoms with van der Waals surface area (Å²) in [6.45, 7) is 0.669. The van der Waals surface area contributed by atoms with Gasteiger partial charge in [0.25, 0.3) is 11.6 Å². The van der Waals surface area contributed by atoms with Crippen LogP contribution in [0, 0.1) is 10.1 Å². The summed E-state index contributed by atoms with van der Waals surface area (Å²) in [5.41, 5.74) is 6.49. The molecule has 0 atom stereocenters. The van der Waals surface area contributed by atoms with Crippen LogP contribution in [0.15, 0.2) is 42.6 Å². The number of nitrogens with zero attached hydrogens (tertiary/aromatic N) is 3. The molecule has 0 spiro atoms. The summed E-state index contributed by atoms with van der Waals surface area (Å²) in [7, 11) is 1.82. The quantitative estimate of drug-likeness (QED) is 0.648. The zero-order valence-corrected chi connectivity index (χ0v) is 13.3. The van der Waals surface area contributed by atoms with Gasteiger partial charge in [-0.2, -0.15) is 0 Å². The van der Waals surface area contributed by atoms with Gasteiger partial charge in [-0.05, 0) is 18.4 Å². The number of carbonyl (C=O) groups is 1. The third-order valence-corrected chi connectivity index (χ3v) is 4.47. The van der Waals surface area contributed by atoms with Crippen LogP contribution >= 0.6 is 0 Å². The van der Waals surface area contributed by atoms with Crippen LogP contribution in [0.1, 0.15) is 28.8 Å². The Morgan fingerprint density at radius 3 is 2.58 bits per heavy atom. The zero-order chi connectivity index (χ0) is 17.3. The number of nitro groups is 1. The van der Waals surface area contributed by atoms with Crippen molar-refractivity contribution >= 4 is 17.4 Å². The van der Waals surface area contributed by atoms with Crippen LogP contribution in [-0.2, 0) is 5.41 Å². The highest BCUT2D eigenvalue weighted by Gasteiger charge is 2.45. The van der Waals surface area contributed by atoms with Crippen molar-refractivity contribution in [1.29, 1.82) is 0 Å². The van der Waals surface area contributed by atoms with Gasteiger partial charge in [0.2, 0.25) is 0 Å². The summed E-state index contributed by atoms with van der Waals surface area (Å²) in [6.07, 6.45) is 3.26. The second kappa shape index (κ2) is 5.92. The molecule has 1 aromatic heterocycles. The number of nitrogens with two attached hydrogens (primary N) is 1. The maximum absolute atomic E-state index is 11.7. The Bertz CT molecular complexity index is 788. The Kier molecular flexibility index (Phi) is 3.92. The third kappa shape index (κ3) is 2.92. The Hall–Kier alpha value is -2.96. The van der Waals surface area contributed by atoms with E-state index in [4.69, 9.17) is 5.73 Å². The van der Waals surface area contributed by atoms with Crippen molar-refractivity contribution < 1.29 is 9.72 Å². The molecule has 0 aliphatic heterocycles. The van der Waals surface area contributed by atoms with E-state index in [0.717, 1.165) is 19.0 Å². The van der Waals surface area contributed by atoms with Crippen molar-refractivity contribution in [1.82, 2.24) is 4.98 Å². The minimum absolute atomic E-state index is 0.0361. The van der Waals surface area contributed by atoms with E-state index >= 15 is 0 Å². The first-order valence-electron chi connectivity index (χ1n) is 7.64. The lowest BCUT2D eigenvalue weighted by Crippen LogP contribution is -2.31. The number of hydrogen-bond acceptors (Lipinski definition) is 5. The fourth-order valence-electron chi connectivity index (χ4n) is 3.04. The number of pyridine rings is 1. The molecule has 0 bridgehead atoms. The van der Waals surface area contributed by atoms with E-state index in [9.17, 15) is 14.9 Å².